The molecule has 1 saturated heterocycles. The first kappa shape index (κ1) is 43.7. The molecule has 0 amide bonds. The highest BCUT2D eigenvalue weighted by atomic mass is 32.2. The lowest BCUT2D eigenvalue weighted by Gasteiger charge is -2.46. The van der Waals surface area contributed by atoms with Crippen molar-refractivity contribution in [1.29, 1.82) is 0 Å². The third kappa shape index (κ3) is 11.9. The van der Waals surface area contributed by atoms with Crippen molar-refractivity contribution in [2.24, 2.45) is 41.4 Å². The van der Waals surface area contributed by atoms with Gasteiger partial charge in [0.1, 0.15) is 12.2 Å². The van der Waals surface area contributed by atoms with E-state index in [4.69, 9.17) is 0 Å². The molecule has 9 nitrogen and oxygen atoms in total. The Bertz CT molecular complexity index is 1560. The third-order valence-corrected chi connectivity index (χ3v) is 12.1. The predicted octanol–water partition coefficient (Wildman–Crippen LogP) is 4.95. The van der Waals surface area contributed by atoms with Crippen LogP contribution >= 0.6 is 0 Å². The number of aliphatic hydroxyl groups is 4. The molecule has 0 spiro atoms. The van der Waals surface area contributed by atoms with Gasteiger partial charge in [-0.3, -0.25) is 14.5 Å². The SMILES string of the molecule is CC(=CC=CC(C)C=CCC(C)C)C1C(O)C=C(CN2CCS(=O)(=O)CC3C(=O)C(O)C(C(C)=CC=CC(C)C=CCC(C)C)C(O)C32)C(=O)C1O. The molecule has 2 fully saturated rings. The number of aliphatic hydroxyl groups excluding tert-OH is 4. The molecule has 10 unspecified atom stereocenters. The van der Waals surface area contributed by atoms with Gasteiger partial charge in [0.15, 0.2) is 21.4 Å². The Balaban J connectivity index is 1.86. The Morgan fingerprint density at radius 1 is 0.808 bits per heavy atom. The van der Waals surface area contributed by atoms with Crippen molar-refractivity contribution in [2.75, 3.05) is 24.6 Å². The summed E-state index contributed by atoms with van der Waals surface area (Å²) in [6, 6.07) is -1.02. The van der Waals surface area contributed by atoms with Crippen molar-refractivity contribution in [3.63, 3.8) is 0 Å². The lowest BCUT2D eigenvalue weighted by atomic mass is 9.70. The van der Waals surface area contributed by atoms with E-state index in [1.807, 2.05) is 31.2 Å². The second-order valence-electron chi connectivity index (χ2n) is 16.0. The van der Waals surface area contributed by atoms with E-state index < -0.39 is 75.4 Å². The largest absolute Gasteiger partial charge is 0.391 e. The maximum absolute atomic E-state index is 13.7. The number of fused-ring (bicyclic) bond motifs is 1. The van der Waals surface area contributed by atoms with E-state index in [-0.39, 0.29) is 36.3 Å². The number of rotatable bonds is 14. The quantitative estimate of drug-likeness (QED) is 0.143. The van der Waals surface area contributed by atoms with Gasteiger partial charge in [-0.05, 0) is 56.4 Å². The zero-order valence-corrected chi connectivity index (χ0v) is 33.1. The first-order valence-electron chi connectivity index (χ1n) is 18.8. The van der Waals surface area contributed by atoms with Gasteiger partial charge >= 0.3 is 0 Å². The zero-order chi connectivity index (χ0) is 38.9. The molecule has 0 radical (unpaired) electrons. The van der Waals surface area contributed by atoms with E-state index in [0.29, 0.717) is 23.0 Å². The lowest BCUT2D eigenvalue weighted by molar-refractivity contribution is -0.150. The minimum Gasteiger partial charge on any atom is -0.391 e. The fraction of sp³-hybridized carbons (Fsp3) is 0.619. The highest BCUT2D eigenvalue weighted by Crippen LogP contribution is 2.38. The first-order chi connectivity index (χ1) is 24.3. The molecule has 1 aliphatic heterocycles. The molecule has 3 rings (SSSR count). The first-order valence-corrected chi connectivity index (χ1v) is 20.6. The topological polar surface area (TPSA) is 152 Å². The fourth-order valence-corrected chi connectivity index (χ4v) is 8.95. The predicted molar refractivity (Wildman–Crippen MR) is 208 cm³/mol. The van der Waals surface area contributed by atoms with Gasteiger partial charge < -0.3 is 20.4 Å². The summed E-state index contributed by atoms with van der Waals surface area (Å²) < 4.78 is 26.0. The van der Waals surface area contributed by atoms with Gasteiger partial charge in [-0.25, -0.2) is 8.42 Å². The maximum atomic E-state index is 13.7. The molecular weight excluding hydrogens is 679 g/mol. The molecule has 52 heavy (non-hydrogen) atoms. The van der Waals surface area contributed by atoms with E-state index in [2.05, 4.69) is 58.9 Å². The smallest absolute Gasteiger partial charge is 0.189 e. The highest BCUT2D eigenvalue weighted by Gasteiger charge is 2.54. The number of hydrogen-bond donors (Lipinski definition) is 4. The highest BCUT2D eigenvalue weighted by molar-refractivity contribution is 7.91. The monoisotopic (exact) mass is 741 g/mol. The van der Waals surface area contributed by atoms with Crippen molar-refractivity contribution < 1.29 is 38.4 Å². The van der Waals surface area contributed by atoms with Gasteiger partial charge in [0.25, 0.3) is 0 Å². The number of sulfone groups is 1. The summed E-state index contributed by atoms with van der Waals surface area (Å²) in [4.78, 5) is 28.9. The van der Waals surface area contributed by atoms with Crippen LogP contribution in [0.25, 0.3) is 0 Å². The Morgan fingerprint density at radius 2 is 1.33 bits per heavy atom. The summed E-state index contributed by atoms with van der Waals surface area (Å²) in [6.07, 6.45) is 17.3. The number of Topliss-reactive ketones (excluding diaryl/α,β-unsaturated/α-hetero) is 2. The summed E-state index contributed by atoms with van der Waals surface area (Å²) in [5.41, 5.74) is 1.27. The average Bonchev–Trinajstić information content (AvgIpc) is 3.17. The summed E-state index contributed by atoms with van der Waals surface area (Å²) in [5, 5.41) is 45.3. The van der Waals surface area contributed by atoms with E-state index in [1.54, 1.807) is 30.9 Å². The van der Waals surface area contributed by atoms with Gasteiger partial charge in [0, 0.05) is 36.5 Å². The molecule has 3 aliphatic rings. The molecule has 4 N–H and O–H groups in total. The minimum atomic E-state index is -3.74. The second-order valence-corrected chi connectivity index (χ2v) is 18.2. The van der Waals surface area contributed by atoms with Crippen molar-refractivity contribution in [3.05, 3.63) is 83.6 Å². The standard InChI is InChI=1S/C42H63NO8S/c1-26(2)13-9-15-28(5)17-11-19-30(7)35-34(44)23-32(38(45)41(35)48)24-43-21-22-52(50,51)25-33-37(43)40(47)36(42(49)39(33)46)31(8)20-12-18-29(6)16-10-14-27(3)4/h9-12,15-20,23,26-29,33-37,40-42,44,47-49H,13-14,21-22,24-25H2,1-8H3. The van der Waals surface area contributed by atoms with Crippen LogP contribution in [0.3, 0.4) is 0 Å². The second kappa shape index (κ2) is 19.6. The Labute approximate surface area is 312 Å². The summed E-state index contributed by atoms with van der Waals surface area (Å²) >= 11 is 0. The van der Waals surface area contributed by atoms with Crippen LogP contribution in [0.2, 0.25) is 0 Å². The number of ketones is 2. The molecule has 0 aromatic heterocycles. The number of carbonyl (C=O) groups excluding carboxylic acids is 2. The fourth-order valence-electron chi connectivity index (χ4n) is 7.36. The zero-order valence-electron chi connectivity index (χ0n) is 32.3. The van der Waals surface area contributed by atoms with Crippen LogP contribution in [0.1, 0.15) is 68.2 Å². The summed E-state index contributed by atoms with van der Waals surface area (Å²) in [7, 11) is -3.74. The molecule has 0 aromatic rings. The molecular formula is C42H63NO8S. The van der Waals surface area contributed by atoms with E-state index in [0.717, 1.165) is 12.8 Å². The molecule has 2 aliphatic carbocycles. The van der Waals surface area contributed by atoms with Crippen LogP contribution in [0.15, 0.2) is 83.6 Å². The number of allylic oxidation sites excluding steroid dienone is 10. The van der Waals surface area contributed by atoms with Crippen LogP contribution < -0.4 is 0 Å². The number of hydrogen-bond acceptors (Lipinski definition) is 9. The van der Waals surface area contributed by atoms with E-state index in [1.165, 1.54) is 6.08 Å². The third-order valence-electron chi connectivity index (χ3n) is 10.4. The van der Waals surface area contributed by atoms with Crippen LogP contribution in [0.5, 0.6) is 0 Å². The Morgan fingerprint density at radius 3 is 1.85 bits per heavy atom. The molecule has 10 heteroatoms. The number of carbonyl (C=O) groups is 2. The van der Waals surface area contributed by atoms with Crippen LogP contribution in [0.4, 0.5) is 0 Å². The Kier molecular flexibility index (Phi) is 16.4. The van der Waals surface area contributed by atoms with Crippen LogP contribution in [-0.2, 0) is 19.4 Å². The average molecular weight is 742 g/mol. The van der Waals surface area contributed by atoms with Gasteiger partial charge in [-0.15, -0.1) is 0 Å². The van der Waals surface area contributed by atoms with Crippen molar-refractivity contribution in [1.82, 2.24) is 4.90 Å². The normalized spacial score (nSPS) is 32.4. The molecule has 290 valence electrons. The van der Waals surface area contributed by atoms with Crippen molar-refractivity contribution >= 4 is 21.4 Å². The van der Waals surface area contributed by atoms with Crippen molar-refractivity contribution in [3.8, 4) is 0 Å². The van der Waals surface area contributed by atoms with Gasteiger partial charge in [0.2, 0.25) is 0 Å². The minimum absolute atomic E-state index is 0.0761. The van der Waals surface area contributed by atoms with E-state index in [9.17, 15) is 38.4 Å². The molecule has 1 saturated carbocycles. The van der Waals surface area contributed by atoms with Crippen molar-refractivity contribution in [2.45, 2.75) is 98.7 Å². The Hall–Kier alpha value is -2.73. The maximum Gasteiger partial charge on any atom is 0.189 e. The lowest BCUT2D eigenvalue weighted by Crippen LogP contribution is -2.63. The van der Waals surface area contributed by atoms with Gasteiger partial charge in [-0.1, -0.05) is 113 Å². The number of nitrogens with zero attached hydrogens (tertiary/aromatic N) is 1. The molecule has 1 heterocycles. The molecule has 0 aromatic carbocycles. The molecule has 10 atom stereocenters. The molecule has 0 bridgehead atoms. The van der Waals surface area contributed by atoms with Crippen LogP contribution in [0, 0.1) is 41.4 Å². The summed E-state index contributed by atoms with van der Waals surface area (Å²) in [5.74, 6) is -3.75. The van der Waals surface area contributed by atoms with Gasteiger partial charge in [-0.2, -0.15) is 0 Å². The van der Waals surface area contributed by atoms with Crippen LogP contribution in [-0.4, -0.2) is 100 Å². The van der Waals surface area contributed by atoms with Gasteiger partial charge in [0.05, 0.1) is 29.6 Å². The summed E-state index contributed by atoms with van der Waals surface area (Å²) in [6.45, 7) is 15.9. The van der Waals surface area contributed by atoms with E-state index >= 15 is 0 Å².